The fraction of sp³-hybridized carbons (Fsp3) is 0.833. The molecule has 112 valence electrons. The molecule has 3 nitrogen and oxygen atoms in total. The van der Waals surface area contributed by atoms with E-state index in [1.165, 1.54) is 13.8 Å². The Morgan fingerprint density at radius 3 is 2.32 bits per heavy atom. The molecule has 0 fully saturated rings. The zero-order chi connectivity index (χ0) is 14.9. The average molecular weight is 300 g/mol. The molecule has 1 aliphatic rings. The summed E-state index contributed by atoms with van der Waals surface area (Å²) in [6.07, 6.45) is 4.99. The highest BCUT2D eigenvalue weighted by atomic mass is 32.2. The maximum Gasteiger partial charge on any atom is 0.523 e. The van der Waals surface area contributed by atoms with Crippen LogP contribution in [0.15, 0.2) is 11.6 Å². The molecule has 0 aliphatic heterocycles. The molecule has 0 aromatic rings. The number of alkyl halides is 3. The number of hydrogen-bond acceptors (Lipinski definition) is 3. The molecule has 1 aliphatic carbocycles. The molecular formula is C12H19F3O3S. The van der Waals surface area contributed by atoms with Crippen LogP contribution >= 0.6 is 0 Å². The quantitative estimate of drug-likeness (QED) is 0.451. The standard InChI is InChI=1S/C12H19F3O3S/c1-4-9-5-7-10(8-6-9)11(2,3)18-19(16,17)12(13,14)15/h7,9H,4-6,8H2,1-3H3. The van der Waals surface area contributed by atoms with Gasteiger partial charge in [0, 0.05) is 0 Å². The van der Waals surface area contributed by atoms with Gasteiger partial charge in [0.05, 0.1) is 0 Å². The summed E-state index contributed by atoms with van der Waals surface area (Å²) in [6, 6.07) is 0. The van der Waals surface area contributed by atoms with E-state index in [1.54, 1.807) is 0 Å². The van der Waals surface area contributed by atoms with Crippen LogP contribution < -0.4 is 0 Å². The van der Waals surface area contributed by atoms with Gasteiger partial charge in [-0.2, -0.15) is 21.6 Å². The summed E-state index contributed by atoms with van der Waals surface area (Å²) in [5.41, 5.74) is -6.22. The third-order valence-corrected chi connectivity index (χ3v) is 4.67. The van der Waals surface area contributed by atoms with Gasteiger partial charge in [-0.15, -0.1) is 0 Å². The van der Waals surface area contributed by atoms with Crippen molar-refractivity contribution in [2.24, 2.45) is 5.92 Å². The molecule has 0 saturated carbocycles. The lowest BCUT2D eigenvalue weighted by atomic mass is 9.82. The van der Waals surface area contributed by atoms with Crippen molar-refractivity contribution in [3.8, 4) is 0 Å². The lowest BCUT2D eigenvalue weighted by Gasteiger charge is -2.32. The molecule has 0 saturated heterocycles. The molecule has 0 radical (unpaired) electrons. The van der Waals surface area contributed by atoms with Crippen molar-refractivity contribution in [3.05, 3.63) is 11.6 Å². The first-order valence-electron chi connectivity index (χ1n) is 6.21. The third-order valence-electron chi connectivity index (χ3n) is 3.47. The molecule has 19 heavy (non-hydrogen) atoms. The second-order valence-electron chi connectivity index (χ2n) is 5.27. The molecule has 0 aromatic carbocycles. The van der Waals surface area contributed by atoms with Gasteiger partial charge in [0.2, 0.25) is 0 Å². The molecule has 1 atom stereocenters. The molecule has 0 aromatic heterocycles. The highest BCUT2D eigenvalue weighted by molar-refractivity contribution is 7.87. The summed E-state index contributed by atoms with van der Waals surface area (Å²) < 4.78 is 63.4. The zero-order valence-electron chi connectivity index (χ0n) is 11.3. The van der Waals surface area contributed by atoms with Gasteiger partial charge >= 0.3 is 15.6 Å². The minimum atomic E-state index is -5.56. The Hall–Kier alpha value is -0.560. The second-order valence-corrected chi connectivity index (χ2v) is 6.81. The third kappa shape index (κ3) is 3.95. The van der Waals surface area contributed by atoms with Crippen molar-refractivity contribution >= 4 is 10.1 Å². The summed E-state index contributed by atoms with van der Waals surface area (Å²) in [6.45, 7) is 4.77. The summed E-state index contributed by atoms with van der Waals surface area (Å²) in [5, 5.41) is 0. The Balaban J connectivity index is 2.86. The minimum absolute atomic E-state index is 0.513. The Morgan fingerprint density at radius 2 is 1.95 bits per heavy atom. The first-order chi connectivity index (χ1) is 8.49. The van der Waals surface area contributed by atoms with Gasteiger partial charge in [-0.05, 0) is 44.6 Å². The monoisotopic (exact) mass is 300 g/mol. The van der Waals surface area contributed by atoms with Crippen molar-refractivity contribution in [1.82, 2.24) is 0 Å². The Bertz CT molecular complexity index is 449. The van der Waals surface area contributed by atoms with Gasteiger partial charge in [0.1, 0.15) is 5.60 Å². The number of halogens is 3. The highest BCUT2D eigenvalue weighted by Crippen LogP contribution is 2.37. The van der Waals surface area contributed by atoms with Crippen LogP contribution in [0.4, 0.5) is 13.2 Å². The van der Waals surface area contributed by atoms with E-state index in [0.717, 1.165) is 19.3 Å². The molecule has 1 unspecified atom stereocenters. The van der Waals surface area contributed by atoms with Crippen LogP contribution in [0.25, 0.3) is 0 Å². The molecule has 0 spiro atoms. The number of rotatable bonds is 4. The van der Waals surface area contributed by atoms with E-state index in [9.17, 15) is 21.6 Å². The van der Waals surface area contributed by atoms with E-state index in [1.807, 2.05) is 6.08 Å². The van der Waals surface area contributed by atoms with E-state index in [4.69, 9.17) is 0 Å². The van der Waals surface area contributed by atoms with Crippen LogP contribution in [0.2, 0.25) is 0 Å². The topological polar surface area (TPSA) is 43.4 Å². The van der Waals surface area contributed by atoms with Crippen molar-refractivity contribution < 1.29 is 25.8 Å². The van der Waals surface area contributed by atoms with Gasteiger partial charge < -0.3 is 0 Å². The van der Waals surface area contributed by atoms with E-state index in [0.29, 0.717) is 17.9 Å². The molecule has 0 bridgehead atoms. The maximum absolute atomic E-state index is 12.3. The maximum atomic E-state index is 12.3. The molecule has 1 rings (SSSR count). The smallest absolute Gasteiger partial charge is 0.253 e. The summed E-state index contributed by atoms with van der Waals surface area (Å²) in [4.78, 5) is 0. The fourth-order valence-electron chi connectivity index (χ4n) is 2.18. The van der Waals surface area contributed by atoms with Gasteiger partial charge in [0.15, 0.2) is 0 Å². The van der Waals surface area contributed by atoms with Crippen LogP contribution in [-0.4, -0.2) is 19.5 Å². The van der Waals surface area contributed by atoms with E-state index in [2.05, 4.69) is 11.1 Å². The largest absolute Gasteiger partial charge is 0.523 e. The number of hydrogen-bond donors (Lipinski definition) is 0. The summed E-state index contributed by atoms with van der Waals surface area (Å²) in [5.74, 6) is 0.513. The van der Waals surface area contributed by atoms with Crippen LogP contribution in [0.1, 0.15) is 46.5 Å². The van der Waals surface area contributed by atoms with Crippen LogP contribution in [0.3, 0.4) is 0 Å². The van der Waals surface area contributed by atoms with Crippen molar-refractivity contribution in [1.29, 1.82) is 0 Å². The molecule has 0 N–H and O–H groups in total. The first kappa shape index (κ1) is 16.5. The molecule has 0 heterocycles. The molecular weight excluding hydrogens is 281 g/mol. The SMILES string of the molecule is CCC1CC=C(C(C)(C)OS(=O)(=O)C(F)(F)F)CC1. The zero-order valence-corrected chi connectivity index (χ0v) is 12.1. The lowest BCUT2D eigenvalue weighted by molar-refractivity contribution is -0.0604. The van der Waals surface area contributed by atoms with Gasteiger partial charge in [0.25, 0.3) is 0 Å². The van der Waals surface area contributed by atoms with Crippen molar-refractivity contribution in [2.45, 2.75) is 57.6 Å². The van der Waals surface area contributed by atoms with Crippen LogP contribution in [-0.2, 0) is 14.3 Å². The lowest BCUT2D eigenvalue weighted by Crippen LogP contribution is -2.37. The summed E-state index contributed by atoms with van der Waals surface area (Å²) in [7, 11) is -5.56. The van der Waals surface area contributed by atoms with Gasteiger partial charge in [-0.25, -0.2) is 0 Å². The van der Waals surface area contributed by atoms with E-state index in [-0.39, 0.29) is 0 Å². The van der Waals surface area contributed by atoms with Gasteiger partial charge in [-0.3, -0.25) is 4.18 Å². The fourth-order valence-corrected chi connectivity index (χ4v) is 2.93. The Labute approximate surface area is 112 Å². The van der Waals surface area contributed by atoms with Gasteiger partial charge in [-0.1, -0.05) is 19.4 Å². The second kappa shape index (κ2) is 5.44. The highest BCUT2D eigenvalue weighted by Gasteiger charge is 2.50. The predicted molar refractivity (Wildman–Crippen MR) is 65.9 cm³/mol. The minimum Gasteiger partial charge on any atom is -0.253 e. The average Bonchev–Trinajstić information content (AvgIpc) is 2.26. The van der Waals surface area contributed by atoms with Crippen molar-refractivity contribution in [3.63, 3.8) is 0 Å². The molecule has 0 amide bonds. The van der Waals surface area contributed by atoms with Crippen molar-refractivity contribution in [2.75, 3.05) is 0 Å². The molecule has 7 heteroatoms. The number of allylic oxidation sites excluding steroid dienone is 1. The first-order valence-corrected chi connectivity index (χ1v) is 7.62. The Kier molecular flexibility index (Phi) is 4.72. The predicted octanol–water partition coefficient (Wildman–Crippen LogP) is 3.77. The normalized spacial score (nSPS) is 22.2. The van der Waals surface area contributed by atoms with E-state index < -0.39 is 21.2 Å². The van der Waals surface area contributed by atoms with Crippen LogP contribution in [0, 0.1) is 5.92 Å². The Morgan fingerprint density at radius 1 is 1.37 bits per heavy atom. The summed E-state index contributed by atoms with van der Waals surface area (Å²) >= 11 is 0. The van der Waals surface area contributed by atoms with Crippen LogP contribution in [0.5, 0.6) is 0 Å². The van der Waals surface area contributed by atoms with E-state index >= 15 is 0 Å².